The molecule has 6 rings (SSSR count). The number of hydrogen-bond donors (Lipinski definition) is 19. The van der Waals surface area contributed by atoms with E-state index in [1.807, 2.05) is 0 Å². The van der Waals surface area contributed by atoms with Crippen molar-refractivity contribution in [2.75, 3.05) is 11.5 Å². The lowest BCUT2D eigenvalue weighted by atomic mass is 9.51. The van der Waals surface area contributed by atoms with E-state index in [9.17, 15) is 121 Å². The van der Waals surface area contributed by atoms with E-state index in [0.717, 1.165) is 0 Å². The van der Waals surface area contributed by atoms with Gasteiger partial charge in [0.05, 0.1) is 18.2 Å². The minimum Gasteiger partial charge on any atom is -0.504 e. The molecule has 0 aromatic heterocycles. The number of rotatable bonds is 11. The van der Waals surface area contributed by atoms with Crippen molar-refractivity contribution in [2.45, 2.75) is 28.9 Å². The lowest BCUT2D eigenvalue weighted by Crippen LogP contribution is -2.78. The van der Waals surface area contributed by atoms with Gasteiger partial charge in [0.25, 0.3) is 0 Å². The van der Waals surface area contributed by atoms with Crippen molar-refractivity contribution in [2.24, 2.45) is 0 Å². The zero-order valence-electron chi connectivity index (χ0n) is 32.6. The molecule has 0 aliphatic carbocycles. The van der Waals surface area contributed by atoms with E-state index < -0.39 is 190 Å². The van der Waals surface area contributed by atoms with Crippen LogP contribution in [0.25, 0.3) is 0 Å². The summed E-state index contributed by atoms with van der Waals surface area (Å²) in [6.07, 6.45) is -5.62. The molecule has 25 nitrogen and oxygen atoms in total. The Morgan fingerprint density at radius 1 is 0.424 bits per heavy atom. The van der Waals surface area contributed by atoms with Crippen LogP contribution in [-0.4, -0.2) is 141 Å². The standard InChI is InChI=1S/C41H33NO24/c43-6-12-1-17(49)27(54)32(59)22(12)37-39(11-48,23-13(7-44)2-18(50)28(55)33(23)60)42(26-16(10-47)5-21(53)31(58)36(26)63)38(64)41(66,25-15(9-46)4-20(52)30(57)35(25)62)40(37,65)24-14(8-45)3-19(51)29(56)34(24)61/h1-10,37-38,48-66H,11H2/t37?,38?,39-,40-,41+/m0/s1. The van der Waals surface area contributed by atoms with Crippen molar-refractivity contribution < 1.29 is 121 Å². The number of piperidine rings is 1. The van der Waals surface area contributed by atoms with Gasteiger partial charge in [0, 0.05) is 50.1 Å². The highest BCUT2D eigenvalue weighted by Crippen LogP contribution is 2.72. The predicted octanol–water partition coefficient (Wildman–Crippen LogP) is -0.0813. The molecule has 0 radical (unpaired) electrons. The Bertz CT molecular complexity index is 2880. The SMILES string of the molecule is O=Cc1cc(O)c(O)c(O)c1C1[C@](CO)(c2c(C=O)cc(O)c(O)c2O)N(c2c(C=O)cc(O)c(O)c2O)C(O)[C@](O)(c2c(C=O)cc(O)c(O)c2O)[C@]1(O)c1c(C=O)cc(O)c(O)c1O. The van der Waals surface area contributed by atoms with E-state index in [1.54, 1.807) is 0 Å². The van der Waals surface area contributed by atoms with Crippen LogP contribution in [0.15, 0.2) is 30.3 Å². The first-order chi connectivity index (χ1) is 30.9. The van der Waals surface area contributed by atoms with Crippen LogP contribution in [0.2, 0.25) is 0 Å². The van der Waals surface area contributed by atoms with Gasteiger partial charge in [-0.05, 0) is 30.3 Å². The molecule has 1 saturated heterocycles. The Kier molecular flexibility index (Phi) is 11.1. The van der Waals surface area contributed by atoms with E-state index in [1.165, 1.54) is 0 Å². The first-order valence-corrected chi connectivity index (χ1v) is 18.1. The van der Waals surface area contributed by atoms with Crippen molar-refractivity contribution in [1.29, 1.82) is 0 Å². The monoisotopic (exact) mass is 923 g/mol. The van der Waals surface area contributed by atoms with Crippen LogP contribution in [-0.2, 0) is 16.7 Å². The smallest absolute Gasteiger partial charge is 0.202 e. The maximum atomic E-state index is 14.1. The second-order valence-corrected chi connectivity index (χ2v) is 14.7. The largest absolute Gasteiger partial charge is 0.504 e. The Labute approximate surface area is 364 Å². The molecule has 0 amide bonds. The van der Waals surface area contributed by atoms with Gasteiger partial charge in [-0.3, -0.25) is 24.0 Å². The maximum absolute atomic E-state index is 14.1. The van der Waals surface area contributed by atoms with Gasteiger partial charge in [0.15, 0.2) is 101 Å². The molecule has 66 heavy (non-hydrogen) atoms. The van der Waals surface area contributed by atoms with E-state index in [-0.39, 0.29) is 54.1 Å². The van der Waals surface area contributed by atoms with Gasteiger partial charge >= 0.3 is 0 Å². The maximum Gasteiger partial charge on any atom is 0.202 e. The van der Waals surface area contributed by atoms with Crippen LogP contribution >= 0.6 is 0 Å². The van der Waals surface area contributed by atoms with Crippen LogP contribution in [0.1, 0.15) is 80.0 Å². The number of hydrogen-bond acceptors (Lipinski definition) is 25. The Morgan fingerprint density at radius 2 is 0.742 bits per heavy atom. The van der Waals surface area contributed by atoms with Crippen molar-refractivity contribution in [3.8, 4) is 86.2 Å². The average Bonchev–Trinajstić information content (AvgIpc) is 3.29. The number of anilines is 1. The molecule has 346 valence electrons. The quantitative estimate of drug-likeness (QED) is 0.0608. The van der Waals surface area contributed by atoms with Gasteiger partial charge < -0.3 is 102 Å². The van der Waals surface area contributed by atoms with E-state index in [0.29, 0.717) is 0 Å². The van der Waals surface area contributed by atoms with Gasteiger partial charge in [-0.1, -0.05) is 0 Å². The second kappa shape index (κ2) is 15.7. The fourth-order valence-electron chi connectivity index (χ4n) is 8.85. The third-order valence-electron chi connectivity index (χ3n) is 11.6. The summed E-state index contributed by atoms with van der Waals surface area (Å²) in [6, 6.07) is 1.21. The Hall–Kier alpha value is -8.91. The summed E-state index contributed by atoms with van der Waals surface area (Å²) in [5.74, 6) is -29.0. The summed E-state index contributed by atoms with van der Waals surface area (Å²) < 4.78 is 0. The number of aliphatic hydroxyl groups is 4. The number of aromatic hydroxyl groups is 15. The molecule has 5 atom stereocenters. The zero-order valence-corrected chi connectivity index (χ0v) is 32.6. The first kappa shape index (κ1) is 46.6. The molecule has 0 spiro atoms. The van der Waals surface area contributed by atoms with Gasteiger partial charge in [-0.25, -0.2) is 0 Å². The van der Waals surface area contributed by atoms with Crippen molar-refractivity contribution in [3.63, 3.8) is 0 Å². The zero-order chi connectivity index (χ0) is 49.4. The number of benzene rings is 5. The number of phenolic OH excluding ortho intramolecular Hbond substituents is 15. The summed E-state index contributed by atoms with van der Waals surface area (Å²) in [5.41, 5.74) is -28.4. The van der Waals surface area contributed by atoms with Crippen LogP contribution in [0.4, 0.5) is 5.69 Å². The Morgan fingerprint density at radius 3 is 1.14 bits per heavy atom. The number of phenols is 15. The lowest BCUT2D eigenvalue weighted by Gasteiger charge is -2.66. The van der Waals surface area contributed by atoms with Crippen molar-refractivity contribution in [3.05, 3.63) is 80.4 Å². The summed E-state index contributed by atoms with van der Waals surface area (Å²) in [5, 5.41) is 220. The molecule has 5 aromatic carbocycles. The summed E-state index contributed by atoms with van der Waals surface area (Å²) >= 11 is 0. The van der Waals surface area contributed by atoms with Crippen LogP contribution in [0, 0.1) is 0 Å². The molecule has 5 aromatic rings. The minimum atomic E-state index is -4.70. The van der Waals surface area contributed by atoms with Gasteiger partial charge in [-0.2, -0.15) is 0 Å². The van der Waals surface area contributed by atoms with Crippen LogP contribution in [0.5, 0.6) is 86.2 Å². The predicted molar refractivity (Wildman–Crippen MR) is 212 cm³/mol. The fraction of sp³-hybridized carbons (Fsp3) is 0.146. The van der Waals surface area contributed by atoms with E-state index >= 15 is 0 Å². The summed E-state index contributed by atoms with van der Waals surface area (Å²) in [6.45, 7) is -2.22. The second-order valence-electron chi connectivity index (χ2n) is 14.7. The molecule has 1 heterocycles. The summed E-state index contributed by atoms with van der Waals surface area (Å²) in [7, 11) is 0. The number of aldehydes is 5. The number of nitrogens with zero attached hydrogens (tertiary/aromatic N) is 1. The molecular formula is C41H33NO24. The molecule has 1 aliphatic rings. The molecule has 2 unspecified atom stereocenters. The van der Waals surface area contributed by atoms with Gasteiger partial charge in [-0.15, -0.1) is 0 Å². The average molecular weight is 924 g/mol. The third kappa shape index (κ3) is 5.77. The molecule has 25 heteroatoms. The highest BCUT2D eigenvalue weighted by Gasteiger charge is 2.77. The molecular weight excluding hydrogens is 890 g/mol. The fourth-order valence-corrected chi connectivity index (χ4v) is 8.85. The number of carbonyl (C=O) groups is 5. The normalized spacial score (nSPS) is 21.5. The molecule has 19 N–H and O–H groups in total. The highest BCUT2D eigenvalue weighted by atomic mass is 16.4. The topological polar surface area (TPSA) is 473 Å². The van der Waals surface area contributed by atoms with Crippen LogP contribution in [0.3, 0.4) is 0 Å². The first-order valence-electron chi connectivity index (χ1n) is 18.1. The Balaban J connectivity index is 2.19. The van der Waals surface area contributed by atoms with Crippen molar-refractivity contribution >= 4 is 37.1 Å². The molecule has 0 saturated carbocycles. The lowest BCUT2D eigenvalue weighted by molar-refractivity contribution is -0.266. The molecule has 1 aliphatic heterocycles. The summed E-state index contributed by atoms with van der Waals surface area (Å²) in [4.78, 5) is 64.9. The van der Waals surface area contributed by atoms with Gasteiger partial charge in [0.2, 0.25) is 28.7 Å². The number of aliphatic hydroxyl groups excluding tert-OH is 2. The third-order valence-corrected chi connectivity index (χ3v) is 11.6. The van der Waals surface area contributed by atoms with E-state index in [2.05, 4.69) is 0 Å². The van der Waals surface area contributed by atoms with Crippen LogP contribution < -0.4 is 4.90 Å². The highest BCUT2D eigenvalue weighted by molar-refractivity contribution is 5.94. The van der Waals surface area contributed by atoms with Gasteiger partial charge in [0.1, 0.15) is 11.1 Å². The molecule has 0 bridgehead atoms. The van der Waals surface area contributed by atoms with Crippen molar-refractivity contribution in [1.82, 2.24) is 0 Å². The minimum absolute atomic E-state index is 0.199. The van der Waals surface area contributed by atoms with E-state index in [4.69, 9.17) is 0 Å². The molecule has 1 fully saturated rings. The number of carbonyl (C=O) groups excluding carboxylic acids is 5.